The first-order valence-corrected chi connectivity index (χ1v) is 6.98. The molecule has 20 heavy (non-hydrogen) atoms. The first kappa shape index (κ1) is 11.9. The SMILES string of the molecule is CN1CCOC(c2ccc3[nH]c4ncccc4c3c2)C1. The van der Waals surface area contributed by atoms with Crippen molar-refractivity contribution in [1.82, 2.24) is 14.9 Å². The van der Waals surface area contributed by atoms with Crippen LogP contribution >= 0.6 is 0 Å². The van der Waals surface area contributed by atoms with Gasteiger partial charge in [-0.1, -0.05) is 6.07 Å². The summed E-state index contributed by atoms with van der Waals surface area (Å²) in [7, 11) is 2.14. The molecule has 1 saturated heterocycles. The Bertz CT molecular complexity index is 765. The molecule has 4 heteroatoms. The van der Waals surface area contributed by atoms with Gasteiger partial charge in [-0.15, -0.1) is 0 Å². The number of likely N-dealkylation sites (N-methyl/N-ethyl adjacent to an activating group) is 1. The van der Waals surface area contributed by atoms with Crippen molar-refractivity contribution in [2.24, 2.45) is 0 Å². The fourth-order valence-electron chi connectivity index (χ4n) is 2.92. The largest absolute Gasteiger partial charge is 0.371 e. The molecule has 2 aromatic heterocycles. The predicted octanol–water partition coefficient (Wildman–Crippen LogP) is 2.72. The van der Waals surface area contributed by atoms with Crippen molar-refractivity contribution in [2.75, 3.05) is 26.7 Å². The van der Waals surface area contributed by atoms with E-state index in [1.54, 1.807) is 0 Å². The highest BCUT2D eigenvalue weighted by molar-refractivity contribution is 6.05. The zero-order valence-electron chi connectivity index (χ0n) is 11.5. The maximum absolute atomic E-state index is 5.90. The molecule has 1 aliphatic heterocycles. The van der Waals surface area contributed by atoms with Gasteiger partial charge in [0.05, 0.1) is 12.7 Å². The highest BCUT2D eigenvalue weighted by Gasteiger charge is 2.20. The van der Waals surface area contributed by atoms with Gasteiger partial charge in [0.1, 0.15) is 5.65 Å². The molecule has 1 aromatic carbocycles. The van der Waals surface area contributed by atoms with Crippen molar-refractivity contribution in [2.45, 2.75) is 6.10 Å². The lowest BCUT2D eigenvalue weighted by molar-refractivity contribution is -0.0208. The summed E-state index contributed by atoms with van der Waals surface area (Å²) in [6.07, 6.45) is 1.98. The Morgan fingerprint density at radius 1 is 1.30 bits per heavy atom. The van der Waals surface area contributed by atoms with Gasteiger partial charge in [-0.25, -0.2) is 4.98 Å². The first-order valence-electron chi connectivity index (χ1n) is 6.98. The normalized spacial score (nSPS) is 20.8. The molecule has 102 valence electrons. The third-order valence-corrected chi connectivity index (χ3v) is 4.04. The number of aromatic nitrogens is 2. The van der Waals surface area contributed by atoms with Crippen LogP contribution in [0.1, 0.15) is 11.7 Å². The van der Waals surface area contributed by atoms with Gasteiger partial charge in [-0.05, 0) is 36.9 Å². The standard InChI is InChI=1S/C16H17N3O/c1-19-7-8-20-15(10-19)11-4-5-14-13(9-11)12-3-2-6-17-16(12)18-14/h2-6,9,15H,7-8,10H2,1H3,(H,17,18). The molecular formula is C16H17N3O. The monoisotopic (exact) mass is 267 g/mol. The molecule has 0 aliphatic carbocycles. The van der Waals surface area contributed by atoms with Crippen LogP contribution in [0.2, 0.25) is 0 Å². The number of pyridine rings is 1. The van der Waals surface area contributed by atoms with Gasteiger partial charge in [0.15, 0.2) is 0 Å². The van der Waals surface area contributed by atoms with E-state index in [0.717, 1.165) is 30.9 Å². The Kier molecular flexibility index (Phi) is 2.72. The van der Waals surface area contributed by atoms with Crippen LogP contribution in [0.5, 0.6) is 0 Å². The molecule has 3 heterocycles. The van der Waals surface area contributed by atoms with Crippen molar-refractivity contribution < 1.29 is 4.74 Å². The Hall–Kier alpha value is -1.91. The number of aromatic amines is 1. The first-order chi connectivity index (χ1) is 9.81. The average Bonchev–Trinajstić information content (AvgIpc) is 2.85. The number of morpholine rings is 1. The minimum absolute atomic E-state index is 0.166. The minimum Gasteiger partial charge on any atom is -0.371 e. The molecule has 1 fully saturated rings. The molecule has 0 bridgehead atoms. The van der Waals surface area contributed by atoms with Crippen LogP contribution in [0.25, 0.3) is 21.9 Å². The van der Waals surface area contributed by atoms with E-state index in [0.29, 0.717) is 0 Å². The highest BCUT2D eigenvalue weighted by Crippen LogP contribution is 2.29. The molecular weight excluding hydrogens is 250 g/mol. The number of hydrogen-bond acceptors (Lipinski definition) is 3. The van der Waals surface area contributed by atoms with Crippen molar-refractivity contribution in [1.29, 1.82) is 0 Å². The van der Waals surface area contributed by atoms with Crippen LogP contribution in [-0.4, -0.2) is 41.6 Å². The molecule has 0 saturated carbocycles. The van der Waals surface area contributed by atoms with Gasteiger partial charge in [-0.3, -0.25) is 0 Å². The summed E-state index contributed by atoms with van der Waals surface area (Å²) in [6, 6.07) is 10.6. The third kappa shape index (κ3) is 1.88. The van der Waals surface area contributed by atoms with E-state index < -0.39 is 0 Å². The van der Waals surface area contributed by atoms with E-state index in [1.807, 2.05) is 12.3 Å². The van der Waals surface area contributed by atoms with Crippen LogP contribution < -0.4 is 0 Å². The lowest BCUT2D eigenvalue weighted by Crippen LogP contribution is -2.35. The van der Waals surface area contributed by atoms with Crippen molar-refractivity contribution in [3.05, 3.63) is 42.1 Å². The van der Waals surface area contributed by atoms with E-state index in [9.17, 15) is 0 Å². The molecule has 4 nitrogen and oxygen atoms in total. The van der Waals surface area contributed by atoms with E-state index >= 15 is 0 Å². The average molecular weight is 267 g/mol. The second kappa shape index (κ2) is 4.58. The lowest BCUT2D eigenvalue weighted by atomic mass is 10.0. The van der Waals surface area contributed by atoms with Gasteiger partial charge in [0.2, 0.25) is 0 Å². The van der Waals surface area contributed by atoms with E-state index in [2.05, 4.69) is 46.2 Å². The Balaban J connectivity index is 1.83. The lowest BCUT2D eigenvalue weighted by Gasteiger charge is -2.30. The van der Waals surface area contributed by atoms with Gasteiger partial charge >= 0.3 is 0 Å². The fraction of sp³-hybridized carbons (Fsp3) is 0.312. The summed E-state index contributed by atoms with van der Waals surface area (Å²) in [5, 5.41) is 2.40. The second-order valence-electron chi connectivity index (χ2n) is 5.45. The van der Waals surface area contributed by atoms with Gasteiger partial charge < -0.3 is 14.6 Å². The molecule has 0 spiro atoms. The van der Waals surface area contributed by atoms with Crippen molar-refractivity contribution in [3.8, 4) is 0 Å². The zero-order valence-corrected chi connectivity index (χ0v) is 11.5. The molecule has 0 radical (unpaired) electrons. The maximum Gasteiger partial charge on any atom is 0.138 e. The van der Waals surface area contributed by atoms with Crippen molar-refractivity contribution >= 4 is 21.9 Å². The summed E-state index contributed by atoms with van der Waals surface area (Å²) in [5.41, 5.74) is 3.32. The van der Waals surface area contributed by atoms with Crippen LogP contribution in [0.15, 0.2) is 36.5 Å². The predicted molar refractivity (Wildman–Crippen MR) is 79.8 cm³/mol. The van der Waals surface area contributed by atoms with Crippen molar-refractivity contribution in [3.63, 3.8) is 0 Å². The van der Waals surface area contributed by atoms with Crippen LogP contribution in [0, 0.1) is 0 Å². The smallest absolute Gasteiger partial charge is 0.138 e. The molecule has 0 amide bonds. The van der Waals surface area contributed by atoms with E-state index in [1.165, 1.54) is 16.3 Å². The quantitative estimate of drug-likeness (QED) is 0.737. The highest BCUT2D eigenvalue weighted by atomic mass is 16.5. The minimum atomic E-state index is 0.166. The summed E-state index contributed by atoms with van der Waals surface area (Å²) in [5.74, 6) is 0. The summed E-state index contributed by atoms with van der Waals surface area (Å²) in [4.78, 5) is 10.0. The summed E-state index contributed by atoms with van der Waals surface area (Å²) in [6.45, 7) is 2.76. The van der Waals surface area contributed by atoms with Gasteiger partial charge in [0, 0.05) is 35.6 Å². The molecule has 1 atom stereocenters. The number of nitrogens with zero attached hydrogens (tertiary/aromatic N) is 2. The van der Waals surface area contributed by atoms with E-state index in [-0.39, 0.29) is 6.10 Å². The number of hydrogen-bond donors (Lipinski definition) is 1. The number of nitrogens with one attached hydrogen (secondary N) is 1. The zero-order chi connectivity index (χ0) is 13.5. The third-order valence-electron chi connectivity index (χ3n) is 4.04. The fourth-order valence-corrected chi connectivity index (χ4v) is 2.92. The molecule has 1 N–H and O–H groups in total. The number of fused-ring (bicyclic) bond motifs is 3. The van der Waals surface area contributed by atoms with Crippen LogP contribution in [-0.2, 0) is 4.74 Å². The second-order valence-corrected chi connectivity index (χ2v) is 5.45. The molecule has 1 unspecified atom stereocenters. The van der Waals surface area contributed by atoms with Crippen LogP contribution in [0.3, 0.4) is 0 Å². The van der Waals surface area contributed by atoms with Gasteiger partial charge in [-0.2, -0.15) is 0 Å². The Morgan fingerprint density at radius 2 is 2.25 bits per heavy atom. The molecule has 4 rings (SSSR count). The maximum atomic E-state index is 5.90. The van der Waals surface area contributed by atoms with Gasteiger partial charge in [0.25, 0.3) is 0 Å². The Morgan fingerprint density at radius 3 is 3.15 bits per heavy atom. The summed E-state index contributed by atoms with van der Waals surface area (Å²) < 4.78 is 5.90. The summed E-state index contributed by atoms with van der Waals surface area (Å²) >= 11 is 0. The molecule has 3 aromatic rings. The number of ether oxygens (including phenoxy) is 1. The number of H-pyrrole nitrogens is 1. The number of rotatable bonds is 1. The van der Waals surface area contributed by atoms with Crippen LogP contribution in [0.4, 0.5) is 0 Å². The van der Waals surface area contributed by atoms with E-state index in [4.69, 9.17) is 4.74 Å². The number of benzene rings is 1. The molecule has 1 aliphatic rings. The Labute approximate surface area is 117 Å². The topological polar surface area (TPSA) is 41.1 Å².